The number of nitrogens with zero attached hydrogens (tertiary/aromatic N) is 1. The number of benzene rings is 6. The number of fused-ring (bicyclic) bond motifs is 10. The molecule has 9 rings (SSSR count). The van der Waals surface area contributed by atoms with Crippen LogP contribution in [0.1, 0.15) is 0 Å². The fraction of sp³-hybridized carbons (Fsp3) is 0. The molecule has 0 saturated heterocycles. The summed E-state index contributed by atoms with van der Waals surface area (Å²) in [6.45, 7) is 0. The van der Waals surface area contributed by atoms with E-state index in [0.717, 1.165) is 38.3 Å². The third kappa shape index (κ3) is 3.22. The van der Waals surface area contributed by atoms with Crippen molar-refractivity contribution in [3.63, 3.8) is 0 Å². The average molecular weight is 544 g/mol. The minimum Gasteiger partial charge on any atom is -0.420 e. The molecule has 0 fully saturated rings. The number of aromatic nitrogens is 1. The zero-order valence-electron chi connectivity index (χ0n) is 21.8. The van der Waals surface area contributed by atoms with Crippen LogP contribution >= 0.6 is 11.3 Å². The molecule has 0 amide bonds. The van der Waals surface area contributed by atoms with Crippen molar-refractivity contribution in [2.45, 2.75) is 0 Å². The summed E-state index contributed by atoms with van der Waals surface area (Å²) >= 11 is 1.82. The first-order valence-electron chi connectivity index (χ1n) is 13.6. The Morgan fingerprint density at radius 3 is 2.05 bits per heavy atom. The van der Waals surface area contributed by atoms with Gasteiger partial charge in [0, 0.05) is 42.0 Å². The molecule has 0 atom stereocenters. The van der Waals surface area contributed by atoms with Crippen LogP contribution in [0, 0.1) is 0 Å². The highest BCUT2D eigenvalue weighted by molar-refractivity contribution is 7.25. The highest BCUT2D eigenvalue weighted by Crippen LogP contribution is 2.41. The van der Waals surface area contributed by atoms with Crippen molar-refractivity contribution in [3.05, 3.63) is 138 Å². The van der Waals surface area contributed by atoms with Crippen molar-refractivity contribution in [2.24, 2.45) is 0 Å². The summed E-state index contributed by atoms with van der Waals surface area (Å²) in [7, 11) is 0. The molecule has 192 valence electrons. The van der Waals surface area contributed by atoms with Crippen LogP contribution < -0.4 is 5.63 Å². The van der Waals surface area contributed by atoms with Crippen LogP contribution in [0.15, 0.2) is 137 Å². The summed E-state index contributed by atoms with van der Waals surface area (Å²) in [5.41, 5.74) is 5.75. The third-order valence-corrected chi connectivity index (χ3v) is 9.39. The number of thiophene rings is 1. The van der Waals surface area contributed by atoms with Crippen LogP contribution in [0.5, 0.6) is 0 Å². The highest BCUT2D eigenvalue weighted by Gasteiger charge is 2.19. The Morgan fingerprint density at radius 1 is 0.512 bits per heavy atom. The first-order chi connectivity index (χ1) is 20.2. The molecule has 0 aliphatic carbocycles. The van der Waals surface area contributed by atoms with Crippen LogP contribution in [0.2, 0.25) is 0 Å². The number of rotatable bonds is 2. The Labute approximate surface area is 238 Å². The number of para-hydroxylation sites is 1. The average Bonchev–Trinajstić information content (AvgIpc) is 3.57. The van der Waals surface area contributed by atoms with Crippen LogP contribution in [-0.4, -0.2) is 4.57 Å². The van der Waals surface area contributed by atoms with E-state index in [2.05, 4.69) is 108 Å². The lowest BCUT2D eigenvalue weighted by atomic mass is 10.0. The van der Waals surface area contributed by atoms with Gasteiger partial charge in [-0.15, -0.1) is 11.3 Å². The van der Waals surface area contributed by atoms with Gasteiger partial charge in [0.2, 0.25) is 0 Å². The predicted octanol–water partition coefficient (Wildman–Crippen LogP) is 10.1. The Bertz CT molecular complexity index is 2550. The summed E-state index contributed by atoms with van der Waals surface area (Å²) in [5, 5.41) is 7.10. The Hall–Kier alpha value is -5.19. The van der Waals surface area contributed by atoms with Gasteiger partial charge in [0.15, 0.2) is 5.58 Å². The van der Waals surface area contributed by atoms with Gasteiger partial charge in [-0.25, -0.2) is 4.79 Å². The smallest absolute Gasteiger partial charge is 0.344 e. The molecule has 9 aromatic rings. The molecular weight excluding hydrogens is 522 g/mol. The second-order valence-electron chi connectivity index (χ2n) is 10.5. The Kier molecular flexibility index (Phi) is 4.63. The maximum atomic E-state index is 13.2. The van der Waals surface area contributed by atoms with Gasteiger partial charge < -0.3 is 8.98 Å². The molecule has 3 aromatic heterocycles. The Morgan fingerprint density at radius 2 is 1.20 bits per heavy atom. The minimum absolute atomic E-state index is 0.315. The summed E-state index contributed by atoms with van der Waals surface area (Å²) in [4.78, 5) is 13.2. The number of hydrogen-bond acceptors (Lipinski definition) is 3. The molecule has 0 N–H and O–H groups in total. The van der Waals surface area contributed by atoms with E-state index in [0.29, 0.717) is 11.0 Å². The van der Waals surface area contributed by atoms with E-state index in [1.165, 1.54) is 31.3 Å². The maximum Gasteiger partial charge on any atom is 0.344 e. The normalized spacial score (nSPS) is 12.0. The summed E-state index contributed by atoms with van der Waals surface area (Å²) < 4.78 is 10.9. The first-order valence-corrected chi connectivity index (χ1v) is 14.5. The van der Waals surface area contributed by atoms with Crippen LogP contribution in [0.25, 0.3) is 80.5 Å². The van der Waals surface area contributed by atoms with Crippen LogP contribution in [0.3, 0.4) is 0 Å². The predicted molar refractivity (Wildman–Crippen MR) is 173 cm³/mol. The molecule has 6 aromatic carbocycles. The molecule has 0 radical (unpaired) electrons. The molecule has 0 aliphatic rings. The van der Waals surface area contributed by atoms with E-state index >= 15 is 0 Å². The zero-order chi connectivity index (χ0) is 27.1. The van der Waals surface area contributed by atoms with Gasteiger partial charge in [-0.2, -0.15) is 0 Å². The van der Waals surface area contributed by atoms with Gasteiger partial charge in [0.25, 0.3) is 0 Å². The molecule has 3 nitrogen and oxygen atoms in total. The van der Waals surface area contributed by atoms with E-state index < -0.39 is 0 Å². The van der Waals surface area contributed by atoms with Crippen LogP contribution in [0.4, 0.5) is 0 Å². The van der Waals surface area contributed by atoms with Crippen molar-refractivity contribution in [1.82, 2.24) is 4.57 Å². The fourth-order valence-electron chi connectivity index (χ4n) is 6.37. The molecule has 0 unspecified atom stereocenters. The SMILES string of the molecule is O=c1oc2c(ccc3c4ccccc4n(-c4ccc5sc6ccc(-c7ccccc7)cc6c5c4)c32)c2ccccc12. The summed E-state index contributed by atoms with van der Waals surface area (Å²) in [6, 6.07) is 44.3. The quantitative estimate of drug-likeness (QED) is 0.161. The van der Waals surface area contributed by atoms with Gasteiger partial charge in [-0.1, -0.05) is 78.9 Å². The molecule has 3 heterocycles. The molecular formula is C37H21NO2S. The van der Waals surface area contributed by atoms with Gasteiger partial charge in [-0.05, 0) is 65.0 Å². The maximum absolute atomic E-state index is 13.2. The molecule has 4 heteroatoms. The van der Waals surface area contributed by atoms with Crippen molar-refractivity contribution >= 4 is 75.1 Å². The lowest BCUT2D eigenvalue weighted by Crippen LogP contribution is -2.01. The van der Waals surface area contributed by atoms with E-state index in [9.17, 15) is 4.79 Å². The Balaban J connectivity index is 1.39. The second-order valence-corrected chi connectivity index (χ2v) is 11.6. The standard InChI is InChI=1S/C37H21NO2S/c39-37-29-12-5-4-10-25(29)28-17-16-27-26-11-6-7-13-32(26)38(35(27)36(28)40-37)24-15-19-34-31(21-24)30-20-23(14-18-33(30)41-34)22-8-2-1-3-9-22/h1-21H. The van der Waals surface area contributed by atoms with E-state index in [1.807, 2.05) is 35.6 Å². The van der Waals surface area contributed by atoms with Crippen molar-refractivity contribution in [2.75, 3.05) is 0 Å². The molecule has 0 bridgehead atoms. The van der Waals surface area contributed by atoms with E-state index in [4.69, 9.17) is 4.42 Å². The van der Waals surface area contributed by atoms with Crippen molar-refractivity contribution in [3.8, 4) is 16.8 Å². The van der Waals surface area contributed by atoms with Crippen molar-refractivity contribution < 1.29 is 4.42 Å². The highest BCUT2D eigenvalue weighted by atomic mass is 32.1. The zero-order valence-corrected chi connectivity index (χ0v) is 22.6. The lowest BCUT2D eigenvalue weighted by molar-refractivity contribution is 0.572. The second kappa shape index (κ2) is 8.40. The molecule has 0 aliphatic heterocycles. The number of hydrogen-bond donors (Lipinski definition) is 0. The van der Waals surface area contributed by atoms with Crippen molar-refractivity contribution in [1.29, 1.82) is 0 Å². The monoisotopic (exact) mass is 543 g/mol. The van der Waals surface area contributed by atoms with Gasteiger partial charge >= 0.3 is 5.63 Å². The first kappa shape index (κ1) is 22.6. The summed E-state index contributed by atoms with van der Waals surface area (Å²) in [5.74, 6) is 0. The minimum atomic E-state index is -0.315. The molecule has 0 saturated carbocycles. The largest absolute Gasteiger partial charge is 0.420 e. The fourth-order valence-corrected chi connectivity index (χ4v) is 7.44. The summed E-state index contributed by atoms with van der Waals surface area (Å²) in [6.07, 6.45) is 0. The van der Waals surface area contributed by atoms with Crippen LogP contribution in [-0.2, 0) is 0 Å². The lowest BCUT2D eigenvalue weighted by Gasteiger charge is -2.10. The van der Waals surface area contributed by atoms with Gasteiger partial charge in [0.05, 0.1) is 16.4 Å². The van der Waals surface area contributed by atoms with E-state index in [-0.39, 0.29) is 5.63 Å². The molecule has 41 heavy (non-hydrogen) atoms. The topological polar surface area (TPSA) is 35.1 Å². The third-order valence-electron chi connectivity index (χ3n) is 8.24. The van der Waals surface area contributed by atoms with Gasteiger partial charge in [-0.3, -0.25) is 0 Å². The van der Waals surface area contributed by atoms with Gasteiger partial charge in [0.1, 0.15) is 0 Å². The molecule has 0 spiro atoms. The van der Waals surface area contributed by atoms with E-state index in [1.54, 1.807) is 0 Å².